The molecule has 1 N–H and O–H groups in total. The Morgan fingerprint density at radius 1 is 1.17 bits per heavy atom. The lowest BCUT2D eigenvalue weighted by Gasteiger charge is -2.36. The Bertz CT molecular complexity index is 974. The van der Waals surface area contributed by atoms with E-state index < -0.39 is 34.8 Å². The molecule has 2 heterocycles. The van der Waals surface area contributed by atoms with Crippen LogP contribution in [0, 0.1) is 11.8 Å². The molecular weight excluding hydrogens is 448 g/mol. The summed E-state index contributed by atoms with van der Waals surface area (Å²) in [7, 11) is 0. The SMILES string of the molecule is CC(C)C1CC1(C(=O)OCc1ccccc1)N1C(=O)[C@@]2(CCCN2C(=O)OC(C)(C)C)CC1CO. The standard InChI is InChI=1S/C27H38N2O6/c1-18(2)21-15-27(21,23(32)34-17-19-10-7-6-8-11-19)29-20(16-30)14-26(22(29)31)12-9-13-28(26)24(33)35-25(3,4)5/h6-8,10-11,18,20-21,30H,9,12-17H2,1-5H3/t20?,21?,26-,27?/m1/s1. The summed E-state index contributed by atoms with van der Waals surface area (Å²) in [4.78, 5) is 44.0. The second-order valence-corrected chi connectivity index (χ2v) is 11.5. The van der Waals surface area contributed by atoms with Crippen molar-refractivity contribution in [2.45, 2.75) is 89.6 Å². The number of ether oxygens (including phenoxy) is 2. The molecule has 2 amide bonds. The number of aliphatic hydroxyl groups excluding tert-OH is 1. The van der Waals surface area contributed by atoms with Gasteiger partial charge in [0.1, 0.15) is 23.3 Å². The summed E-state index contributed by atoms with van der Waals surface area (Å²) in [6.45, 7) is 9.69. The third kappa shape index (κ3) is 4.41. The maximum absolute atomic E-state index is 14.2. The van der Waals surface area contributed by atoms with Crippen LogP contribution in [0.2, 0.25) is 0 Å². The fourth-order valence-electron chi connectivity index (χ4n) is 6.03. The van der Waals surface area contributed by atoms with Crippen LogP contribution in [0.4, 0.5) is 4.79 Å². The third-order valence-corrected chi connectivity index (χ3v) is 7.65. The molecule has 3 fully saturated rings. The first kappa shape index (κ1) is 25.5. The number of hydrogen-bond donors (Lipinski definition) is 1. The van der Waals surface area contributed by atoms with Crippen molar-refractivity contribution in [2.75, 3.05) is 13.2 Å². The second kappa shape index (κ2) is 9.12. The van der Waals surface area contributed by atoms with Gasteiger partial charge in [0, 0.05) is 13.0 Å². The van der Waals surface area contributed by atoms with Crippen molar-refractivity contribution >= 4 is 18.0 Å². The van der Waals surface area contributed by atoms with Gasteiger partial charge in [-0.15, -0.1) is 0 Å². The van der Waals surface area contributed by atoms with Crippen molar-refractivity contribution in [2.24, 2.45) is 11.8 Å². The Morgan fingerprint density at radius 2 is 1.86 bits per heavy atom. The summed E-state index contributed by atoms with van der Waals surface area (Å²) < 4.78 is 11.4. The van der Waals surface area contributed by atoms with Gasteiger partial charge < -0.3 is 19.5 Å². The van der Waals surface area contributed by atoms with Crippen LogP contribution < -0.4 is 0 Å². The van der Waals surface area contributed by atoms with E-state index in [4.69, 9.17) is 9.47 Å². The number of aliphatic hydroxyl groups is 1. The minimum Gasteiger partial charge on any atom is -0.459 e. The Balaban J connectivity index is 1.63. The quantitative estimate of drug-likeness (QED) is 0.618. The van der Waals surface area contributed by atoms with E-state index in [2.05, 4.69) is 0 Å². The zero-order chi connectivity index (χ0) is 25.6. The lowest BCUT2D eigenvalue weighted by atomic mass is 9.92. The molecule has 1 saturated carbocycles. The van der Waals surface area contributed by atoms with Crippen molar-refractivity contribution in [3.63, 3.8) is 0 Å². The maximum Gasteiger partial charge on any atom is 0.411 e. The molecule has 1 spiro atoms. The third-order valence-electron chi connectivity index (χ3n) is 7.65. The molecule has 1 aromatic rings. The van der Waals surface area contributed by atoms with Crippen LogP contribution in [0.5, 0.6) is 0 Å². The molecule has 2 aliphatic heterocycles. The highest BCUT2D eigenvalue weighted by atomic mass is 16.6. The molecule has 4 atom stereocenters. The maximum atomic E-state index is 14.2. The number of nitrogens with zero attached hydrogens (tertiary/aromatic N) is 2. The lowest BCUT2D eigenvalue weighted by Crippen LogP contribution is -2.58. The molecular formula is C27H38N2O6. The summed E-state index contributed by atoms with van der Waals surface area (Å²) in [5.41, 5.74) is -2.06. The van der Waals surface area contributed by atoms with E-state index in [9.17, 15) is 19.5 Å². The Kier molecular flexibility index (Phi) is 6.64. The average molecular weight is 487 g/mol. The van der Waals surface area contributed by atoms with Crippen molar-refractivity contribution in [3.8, 4) is 0 Å². The molecule has 35 heavy (non-hydrogen) atoms. The second-order valence-electron chi connectivity index (χ2n) is 11.5. The van der Waals surface area contributed by atoms with Crippen LogP contribution in [0.25, 0.3) is 0 Å². The Hall–Kier alpha value is -2.61. The van der Waals surface area contributed by atoms with Gasteiger partial charge in [0.05, 0.1) is 12.6 Å². The number of rotatable bonds is 6. The number of esters is 1. The Labute approximate surface area is 207 Å². The van der Waals surface area contributed by atoms with E-state index in [0.717, 1.165) is 5.56 Å². The minimum absolute atomic E-state index is 0.0738. The van der Waals surface area contributed by atoms with Gasteiger partial charge in [0.2, 0.25) is 5.91 Å². The summed E-state index contributed by atoms with van der Waals surface area (Å²) in [6, 6.07) is 8.86. The molecule has 1 aromatic carbocycles. The van der Waals surface area contributed by atoms with Crippen molar-refractivity contribution < 1.29 is 29.0 Å². The van der Waals surface area contributed by atoms with Crippen molar-refractivity contribution in [1.29, 1.82) is 0 Å². The average Bonchev–Trinajstić information content (AvgIpc) is 3.30. The first-order valence-corrected chi connectivity index (χ1v) is 12.6. The van der Waals surface area contributed by atoms with Gasteiger partial charge in [-0.2, -0.15) is 0 Å². The molecule has 1 aliphatic carbocycles. The van der Waals surface area contributed by atoms with Crippen LogP contribution >= 0.6 is 0 Å². The van der Waals surface area contributed by atoms with Gasteiger partial charge in [0.15, 0.2) is 0 Å². The number of hydrogen-bond acceptors (Lipinski definition) is 6. The number of carbonyl (C=O) groups is 3. The van der Waals surface area contributed by atoms with E-state index >= 15 is 0 Å². The van der Waals surface area contributed by atoms with E-state index in [0.29, 0.717) is 25.8 Å². The molecule has 3 unspecified atom stereocenters. The molecule has 4 rings (SSSR count). The van der Waals surface area contributed by atoms with Gasteiger partial charge in [-0.1, -0.05) is 44.2 Å². The largest absolute Gasteiger partial charge is 0.459 e. The fourth-order valence-corrected chi connectivity index (χ4v) is 6.03. The number of carbonyl (C=O) groups excluding carboxylic acids is 3. The summed E-state index contributed by atoms with van der Waals surface area (Å²) >= 11 is 0. The smallest absolute Gasteiger partial charge is 0.411 e. The molecule has 3 aliphatic rings. The van der Waals surface area contributed by atoms with Gasteiger partial charge in [-0.3, -0.25) is 9.69 Å². The van der Waals surface area contributed by atoms with Gasteiger partial charge in [-0.05, 0) is 57.4 Å². The van der Waals surface area contributed by atoms with Gasteiger partial charge in [0.25, 0.3) is 0 Å². The minimum atomic E-state index is -1.13. The van der Waals surface area contributed by atoms with Crippen LogP contribution in [-0.4, -0.2) is 68.7 Å². The topological polar surface area (TPSA) is 96.4 Å². The zero-order valence-electron chi connectivity index (χ0n) is 21.5. The lowest BCUT2D eigenvalue weighted by molar-refractivity contribution is -0.161. The summed E-state index contributed by atoms with van der Waals surface area (Å²) in [5.74, 6) is -0.644. The highest BCUT2D eigenvalue weighted by molar-refractivity contribution is 5.99. The molecule has 0 radical (unpaired) electrons. The first-order valence-electron chi connectivity index (χ1n) is 12.6. The van der Waals surface area contributed by atoms with E-state index in [1.807, 2.05) is 44.2 Å². The van der Waals surface area contributed by atoms with Crippen LogP contribution in [-0.2, 0) is 25.7 Å². The first-order chi connectivity index (χ1) is 16.5. The predicted octanol–water partition coefficient (Wildman–Crippen LogP) is 3.51. The molecule has 0 aromatic heterocycles. The van der Waals surface area contributed by atoms with Crippen molar-refractivity contribution in [1.82, 2.24) is 9.80 Å². The Morgan fingerprint density at radius 3 is 2.43 bits per heavy atom. The highest BCUT2D eigenvalue weighted by Crippen LogP contribution is 2.58. The fraction of sp³-hybridized carbons (Fsp3) is 0.667. The normalized spacial score (nSPS) is 30.3. The summed E-state index contributed by atoms with van der Waals surface area (Å²) in [5, 5.41) is 10.3. The molecule has 2 saturated heterocycles. The monoisotopic (exact) mass is 486 g/mol. The molecule has 0 bridgehead atoms. The molecule has 8 nitrogen and oxygen atoms in total. The van der Waals surface area contributed by atoms with Crippen LogP contribution in [0.3, 0.4) is 0 Å². The number of likely N-dealkylation sites (tertiary alicyclic amines) is 2. The zero-order valence-corrected chi connectivity index (χ0v) is 21.5. The van der Waals surface area contributed by atoms with Crippen LogP contribution in [0.1, 0.15) is 65.9 Å². The van der Waals surface area contributed by atoms with Crippen molar-refractivity contribution in [3.05, 3.63) is 35.9 Å². The van der Waals surface area contributed by atoms with E-state index in [1.165, 1.54) is 4.90 Å². The summed E-state index contributed by atoms with van der Waals surface area (Å²) in [6.07, 6.45) is 1.39. The molecule has 192 valence electrons. The van der Waals surface area contributed by atoms with E-state index in [-0.39, 0.29) is 37.4 Å². The van der Waals surface area contributed by atoms with E-state index in [1.54, 1.807) is 25.7 Å². The van der Waals surface area contributed by atoms with Gasteiger partial charge >= 0.3 is 12.1 Å². The van der Waals surface area contributed by atoms with Gasteiger partial charge in [-0.25, -0.2) is 9.59 Å². The number of amides is 2. The molecule has 8 heteroatoms. The highest BCUT2D eigenvalue weighted by Gasteiger charge is 2.73. The predicted molar refractivity (Wildman–Crippen MR) is 129 cm³/mol. The number of benzene rings is 1. The van der Waals surface area contributed by atoms with Crippen LogP contribution in [0.15, 0.2) is 30.3 Å².